The molecule has 0 aliphatic rings. The van der Waals surface area contributed by atoms with E-state index in [1.54, 1.807) is 0 Å². The monoisotopic (exact) mass is 335 g/mol. The Morgan fingerprint density at radius 2 is 1.80 bits per heavy atom. The lowest BCUT2D eigenvalue weighted by atomic mass is 10.0. The van der Waals surface area contributed by atoms with Crippen molar-refractivity contribution in [3.05, 3.63) is 66.1 Å². The zero-order chi connectivity index (χ0) is 17.6. The summed E-state index contributed by atoms with van der Waals surface area (Å²) < 4.78 is 5.22. The summed E-state index contributed by atoms with van der Waals surface area (Å²) in [5.41, 5.74) is 2.94. The SMILES string of the molecule is CC(C)c1ccc(NC(=O)CCc2nc(-c3ccccc3)no2)cc1. The Bertz CT molecular complexity index is 824. The normalized spacial score (nSPS) is 10.8. The third kappa shape index (κ3) is 4.53. The van der Waals surface area contributed by atoms with Crippen molar-refractivity contribution < 1.29 is 9.32 Å². The van der Waals surface area contributed by atoms with Crippen molar-refractivity contribution in [2.75, 3.05) is 5.32 Å². The maximum Gasteiger partial charge on any atom is 0.227 e. The molecule has 5 nitrogen and oxygen atoms in total. The average Bonchev–Trinajstić information content (AvgIpc) is 3.10. The van der Waals surface area contributed by atoms with Crippen molar-refractivity contribution in [1.82, 2.24) is 10.1 Å². The van der Waals surface area contributed by atoms with Crippen LogP contribution in [-0.4, -0.2) is 16.0 Å². The lowest BCUT2D eigenvalue weighted by Crippen LogP contribution is -2.12. The zero-order valence-electron chi connectivity index (χ0n) is 14.4. The highest BCUT2D eigenvalue weighted by molar-refractivity contribution is 5.90. The second kappa shape index (κ2) is 7.75. The van der Waals surface area contributed by atoms with E-state index in [0.29, 0.717) is 30.5 Å². The predicted octanol–water partition coefficient (Wildman–Crippen LogP) is 4.43. The molecule has 128 valence electrons. The molecule has 5 heteroatoms. The summed E-state index contributed by atoms with van der Waals surface area (Å²) in [6, 6.07) is 17.5. The van der Waals surface area contributed by atoms with Gasteiger partial charge in [0, 0.05) is 24.1 Å². The number of anilines is 1. The lowest BCUT2D eigenvalue weighted by Gasteiger charge is -2.08. The van der Waals surface area contributed by atoms with E-state index in [1.165, 1.54) is 5.56 Å². The van der Waals surface area contributed by atoms with Gasteiger partial charge in [-0.3, -0.25) is 4.79 Å². The largest absolute Gasteiger partial charge is 0.339 e. The van der Waals surface area contributed by atoms with Crippen LogP contribution in [0.3, 0.4) is 0 Å². The Morgan fingerprint density at radius 1 is 1.08 bits per heavy atom. The Balaban J connectivity index is 1.53. The van der Waals surface area contributed by atoms with Gasteiger partial charge in [-0.25, -0.2) is 0 Å². The van der Waals surface area contributed by atoms with Crippen molar-refractivity contribution in [3.63, 3.8) is 0 Å². The molecule has 0 radical (unpaired) electrons. The van der Waals surface area contributed by atoms with Gasteiger partial charge in [0.05, 0.1) is 0 Å². The molecule has 0 atom stereocenters. The Hall–Kier alpha value is -2.95. The summed E-state index contributed by atoms with van der Waals surface area (Å²) >= 11 is 0. The van der Waals surface area contributed by atoms with Crippen molar-refractivity contribution in [2.24, 2.45) is 0 Å². The van der Waals surface area contributed by atoms with Crippen LogP contribution in [0, 0.1) is 0 Å². The van der Waals surface area contributed by atoms with Gasteiger partial charge in [-0.05, 0) is 23.6 Å². The van der Waals surface area contributed by atoms with E-state index in [0.717, 1.165) is 11.3 Å². The van der Waals surface area contributed by atoms with Gasteiger partial charge in [0.1, 0.15) is 0 Å². The molecule has 0 spiro atoms. The number of aryl methyl sites for hydroxylation is 1. The number of nitrogens with zero attached hydrogens (tertiary/aromatic N) is 2. The molecule has 0 aliphatic carbocycles. The molecule has 0 saturated heterocycles. The van der Waals surface area contributed by atoms with Crippen molar-refractivity contribution in [1.29, 1.82) is 0 Å². The molecular formula is C20H21N3O2. The fourth-order valence-electron chi connectivity index (χ4n) is 2.46. The molecule has 1 aromatic heterocycles. The quantitative estimate of drug-likeness (QED) is 0.723. The van der Waals surface area contributed by atoms with Gasteiger partial charge < -0.3 is 9.84 Å². The summed E-state index contributed by atoms with van der Waals surface area (Å²) in [7, 11) is 0. The zero-order valence-corrected chi connectivity index (χ0v) is 14.4. The smallest absolute Gasteiger partial charge is 0.227 e. The molecule has 25 heavy (non-hydrogen) atoms. The van der Waals surface area contributed by atoms with Gasteiger partial charge in [-0.2, -0.15) is 4.98 Å². The van der Waals surface area contributed by atoms with E-state index in [9.17, 15) is 4.79 Å². The topological polar surface area (TPSA) is 68.0 Å². The number of aromatic nitrogens is 2. The maximum atomic E-state index is 12.1. The first-order chi connectivity index (χ1) is 12.1. The molecule has 0 unspecified atom stereocenters. The highest BCUT2D eigenvalue weighted by Gasteiger charge is 2.11. The fourth-order valence-corrected chi connectivity index (χ4v) is 2.46. The minimum absolute atomic E-state index is 0.0724. The van der Waals surface area contributed by atoms with Crippen LogP contribution in [0.15, 0.2) is 59.1 Å². The highest BCUT2D eigenvalue weighted by Crippen LogP contribution is 2.18. The summed E-state index contributed by atoms with van der Waals surface area (Å²) in [4.78, 5) is 16.4. The molecule has 0 bridgehead atoms. The summed E-state index contributed by atoms with van der Waals surface area (Å²) in [6.45, 7) is 4.28. The minimum atomic E-state index is -0.0724. The lowest BCUT2D eigenvalue weighted by molar-refractivity contribution is -0.116. The van der Waals surface area contributed by atoms with Crippen molar-refractivity contribution >= 4 is 11.6 Å². The van der Waals surface area contributed by atoms with Gasteiger partial charge >= 0.3 is 0 Å². The molecule has 0 fully saturated rings. The standard InChI is InChI=1S/C20H21N3O2/c1-14(2)15-8-10-17(11-9-15)21-18(24)12-13-19-22-20(23-25-19)16-6-4-3-5-7-16/h3-11,14H,12-13H2,1-2H3,(H,21,24). The molecular weight excluding hydrogens is 314 g/mol. The Kier molecular flexibility index (Phi) is 5.23. The van der Waals surface area contributed by atoms with Gasteiger partial charge in [-0.1, -0.05) is 61.5 Å². The van der Waals surface area contributed by atoms with E-state index < -0.39 is 0 Å². The molecule has 1 N–H and O–H groups in total. The van der Waals surface area contributed by atoms with Crippen molar-refractivity contribution in [2.45, 2.75) is 32.6 Å². The third-order valence-electron chi connectivity index (χ3n) is 3.93. The van der Waals surface area contributed by atoms with E-state index in [2.05, 4.69) is 29.3 Å². The van der Waals surface area contributed by atoms with Crippen molar-refractivity contribution in [3.8, 4) is 11.4 Å². The molecule has 2 aromatic carbocycles. The molecule has 0 saturated carbocycles. The number of carbonyl (C=O) groups excluding carboxylic acids is 1. The van der Waals surface area contributed by atoms with Gasteiger partial charge in [0.2, 0.25) is 17.6 Å². The first-order valence-electron chi connectivity index (χ1n) is 8.39. The molecule has 1 heterocycles. The summed E-state index contributed by atoms with van der Waals surface area (Å²) in [6.07, 6.45) is 0.706. The molecule has 3 aromatic rings. The number of hydrogen-bond donors (Lipinski definition) is 1. The molecule has 3 rings (SSSR count). The number of nitrogens with one attached hydrogen (secondary N) is 1. The van der Waals surface area contributed by atoms with Crippen LogP contribution in [0.1, 0.15) is 37.6 Å². The highest BCUT2D eigenvalue weighted by atomic mass is 16.5. The van der Waals surface area contributed by atoms with Crippen LogP contribution in [0.2, 0.25) is 0 Å². The number of carbonyl (C=O) groups is 1. The molecule has 0 aliphatic heterocycles. The first-order valence-corrected chi connectivity index (χ1v) is 8.39. The minimum Gasteiger partial charge on any atom is -0.339 e. The maximum absolute atomic E-state index is 12.1. The van der Waals surface area contributed by atoms with E-state index >= 15 is 0 Å². The van der Waals surface area contributed by atoms with Gasteiger partial charge in [0.15, 0.2) is 0 Å². The molecule has 1 amide bonds. The van der Waals surface area contributed by atoms with Crippen LogP contribution in [0.4, 0.5) is 5.69 Å². The number of hydrogen-bond acceptors (Lipinski definition) is 4. The van der Waals surface area contributed by atoms with Crippen LogP contribution < -0.4 is 5.32 Å². The summed E-state index contributed by atoms with van der Waals surface area (Å²) in [5, 5.41) is 6.84. The number of amides is 1. The Morgan fingerprint density at radius 3 is 2.48 bits per heavy atom. The van der Waals surface area contributed by atoms with Crippen LogP contribution >= 0.6 is 0 Å². The number of benzene rings is 2. The fraction of sp³-hybridized carbons (Fsp3) is 0.250. The first kappa shape index (κ1) is 16.9. The van der Waals surface area contributed by atoms with E-state index in [-0.39, 0.29) is 5.91 Å². The van der Waals surface area contributed by atoms with Crippen LogP contribution in [0.25, 0.3) is 11.4 Å². The number of rotatable bonds is 6. The van der Waals surface area contributed by atoms with Crippen LogP contribution in [0.5, 0.6) is 0 Å². The summed E-state index contributed by atoms with van der Waals surface area (Å²) in [5.74, 6) is 1.40. The average molecular weight is 335 g/mol. The second-order valence-corrected chi connectivity index (χ2v) is 6.20. The Labute approximate surface area is 147 Å². The van der Waals surface area contributed by atoms with Gasteiger partial charge in [-0.15, -0.1) is 0 Å². The van der Waals surface area contributed by atoms with Crippen LogP contribution in [-0.2, 0) is 11.2 Å². The second-order valence-electron chi connectivity index (χ2n) is 6.20. The van der Waals surface area contributed by atoms with E-state index in [4.69, 9.17) is 4.52 Å². The van der Waals surface area contributed by atoms with E-state index in [1.807, 2.05) is 54.6 Å². The van der Waals surface area contributed by atoms with Gasteiger partial charge in [0.25, 0.3) is 0 Å². The third-order valence-corrected chi connectivity index (χ3v) is 3.93. The predicted molar refractivity (Wildman–Crippen MR) is 97.2 cm³/mol.